The van der Waals surface area contributed by atoms with Gasteiger partial charge in [0.25, 0.3) is 0 Å². The lowest BCUT2D eigenvalue weighted by atomic mass is 9.86. The maximum Gasteiger partial charge on any atom is 0.218 e. The van der Waals surface area contributed by atoms with E-state index in [0.717, 1.165) is 5.56 Å². The Morgan fingerprint density at radius 2 is 1.92 bits per heavy atom. The van der Waals surface area contributed by atoms with E-state index >= 15 is 0 Å². The van der Waals surface area contributed by atoms with E-state index in [9.17, 15) is 8.42 Å². The zero-order valence-electron chi connectivity index (χ0n) is 15.8. The van der Waals surface area contributed by atoms with Gasteiger partial charge in [-0.05, 0) is 23.0 Å². The van der Waals surface area contributed by atoms with Crippen LogP contribution in [0.4, 0.5) is 0 Å². The summed E-state index contributed by atoms with van der Waals surface area (Å²) in [6.45, 7) is 7.52. The number of hydroxylamine groups is 2. The van der Waals surface area contributed by atoms with Crippen molar-refractivity contribution < 1.29 is 18.0 Å². The molecule has 1 saturated heterocycles. The Morgan fingerprint density at radius 1 is 1.28 bits per heavy atom. The number of sulfonamides is 1. The predicted octanol–water partition coefficient (Wildman–Crippen LogP) is 2.23. The molecule has 0 spiro atoms. The third-order valence-electron chi connectivity index (χ3n) is 4.53. The Bertz CT molecular complexity index is 653. The third kappa shape index (κ3) is 5.01. The topological polar surface area (TPSA) is 67.9 Å². The van der Waals surface area contributed by atoms with Crippen LogP contribution in [0, 0.1) is 0 Å². The van der Waals surface area contributed by atoms with Crippen LogP contribution in [-0.4, -0.2) is 52.6 Å². The molecule has 0 amide bonds. The van der Waals surface area contributed by atoms with E-state index in [1.54, 1.807) is 19.2 Å². The molecule has 2 atom stereocenters. The average Bonchev–Trinajstić information content (AvgIpc) is 2.93. The monoisotopic (exact) mass is 370 g/mol. The normalized spacial score (nSPS) is 22.4. The van der Waals surface area contributed by atoms with Crippen LogP contribution < -0.4 is 4.72 Å². The summed E-state index contributed by atoms with van der Waals surface area (Å²) in [7, 11) is -0.0982. The summed E-state index contributed by atoms with van der Waals surface area (Å²) in [5, 5.41) is 1.01. The fraction of sp³-hybridized carbons (Fsp3) is 0.667. The molecule has 0 bridgehead atoms. The molecule has 1 heterocycles. The zero-order valence-corrected chi connectivity index (χ0v) is 16.6. The van der Waals surface area contributed by atoms with Crippen molar-refractivity contribution in [3.63, 3.8) is 0 Å². The molecular weight excluding hydrogens is 340 g/mol. The molecule has 6 nitrogen and oxygen atoms in total. The first-order chi connectivity index (χ1) is 11.7. The Hall–Kier alpha value is -0.990. The molecule has 1 fully saturated rings. The molecule has 142 valence electrons. The SMILES string of the molecule is COCCCNS(=O)(=O)[C@@H]1CON(C)[C@@H]1c1ccc(C(C)(C)C)cc1. The Balaban J connectivity index is 2.17. The molecule has 0 aromatic heterocycles. The molecule has 0 aliphatic carbocycles. The number of benzene rings is 1. The summed E-state index contributed by atoms with van der Waals surface area (Å²) in [6.07, 6.45) is 0.643. The highest BCUT2D eigenvalue weighted by Crippen LogP contribution is 2.34. The molecule has 0 unspecified atom stereocenters. The summed E-state index contributed by atoms with van der Waals surface area (Å²) in [4.78, 5) is 5.53. The van der Waals surface area contributed by atoms with Crippen LogP contribution in [0.3, 0.4) is 0 Å². The van der Waals surface area contributed by atoms with Gasteiger partial charge in [-0.3, -0.25) is 4.84 Å². The van der Waals surface area contributed by atoms with Crippen LogP contribution in [0.1, 0.15) is 44.4 Å². The molecule has 1 N–H and O–H groups in total. The molecule has 0 radical (unpaired) electrons. The molecule has 1 aromatic rings. The van der Waals surface area contributed by atoms with Gasteiger partial charge in [-0.15, -0.1) is 0 Å². The molecule has 1 aromatic carbocycles. The highest BCUT2D eigenvalue weighted by atomic mass is 32.2. The van der Waals surface area contributed by atoms with Crippen LogP contribution in [0.25, 0.3) is 0 Å². The minimum atomic E-state index is -3.48. The van der Waals surface area contributed by atoms with Crippen LogP contribution in [0.2, 0.25) is 0 Å². The maximum atomic E-state index is 12.7. The smallest absolute Gasteiger partial charge is 0.218 e. The summed E-state index contributed by atoms with van der Waals surface area (Å²) in [5.41, 5.74) is 2.22. The number of rotatable bonds is 7. The fourth-order valence-electron chi connectivity index (χ4n) is 3.00. The molecule has 25 heavy (non-hydrogen) atoms. The Kier molecular flexibility index (Phi) is 6.62. The first-order valence-corrected chi connectivity index (χ1v) is 10.1. The molecular formula is C18H30N2O4S. The van der Waals surface area contributed by atoms with Gasteiger partial charge in [0.2, 0.25) is 10.0 Å². The van der Waals surface area contributed by atoms with Crippen molar-refractivity contribution in [3.8, 4) is 0 Å². The van der Waals surface area contributed by atoms with Crippen LogP contribution in [0.15, 0.2) is 24.3 Å². The van der Waals surface area contributed by atoms with E-state index in [-0.39, 0.29) is 18.1 Å². The summed E-state index contributed by atoms with van der Waals surface area (Å²) < 4.78 is 33.0. The minimum Gasteiger partial charge on any atom is -0.385 e. The van der Waals surface area contributed by atoms with Gasteiger partial charge in [-0.2, -0.15) is 5.06 Å². The van der Waals surface area contributed by atoms with Crippen molar-refractivity contribution in [2.75, 3.05) is 33.9 Å². The van der Waals surface area contributed by atoms with E-state index in [1.165, 1.54) is 5.56 Å². The quantitative estimate of drug-likeness (QED) is 0.746. The average molecular weight is 371 g/mol. The number of methoxy groups -OCH3 is 1. The minimum absolute atomic E-state index is 0.0605. The van der Waals surface area contributed by atoms with Crippen LogP contribution in [-0.2, 0) is 25.0 Å². The van der Waals surface area contributed by atoms with Gasteiger partial charge in [-0.25, -0.2) is 13.1 Å². The number of hydrogen-bond donors (Lipinski definition) is 1. The standard InChI is InChI=1S/C18H30N2O4S/c1-18(2,3)15-9-7-14(8-10-15)17-16(13-24-20(17)4)25(21,22)19-11-6-12-23-5/h7-10,16-17,19H,6,11-13H2,1-5H3/t16-,17-/m1/s1. The third-order valence-corrected chi connectivity index (χ3v) is 6.33. The fourth-order valence-corrected chi connectivity index (χ4v) is 4.55. The van der Waals surface area contributed by atoms with Gasteiger partial charge < -0.3 is 4.74 Å². The highest BCUT2D eigenvalue weighted by molar-refractivity contribution is 7.90. The second-order valence-electron chi connectivity index (χ2n) is 7.48. The van der Waals surface area contributed by atoms with Crippen molar-refractivity contribution in [3.05, 3.63) is 35.4 Å². The van der Waals surface area contributed by atoms with Crippen molar-refractivity contribution in [2.24, 2.45) is 0 Å². The van der Waals surface area contributed by atoms with E-state index in [4.69, 9.17) is 9.57 Å². The zero-order chi connectivity index (χ0) is 18.7. The van der Waals surface area contributed by atoms with Crippen LogP contribution >= 0.6 is 0 Å². The van der Waals surface area contributed by atoms with Gasteiger partial charge in [0.15, 0.2) is 0 Å². The second kappa shape index (κ2) is 8.14. The largest absolute Gasteiger partial charge is 0.385 e. The van der Waals surface area contributed by atoms with E-state index < -0.39 is 15.3 Å². The second-order valence-corrected chi connectivity index (χ2v) is 9.47. The van der Waals surface area contributed by atoms with E-state index in [0.29, 0.717) is 19.6 Å². The molecule has 0 saturated carbocycles. The maximum absolute atomic E-state index is 12.7. The van der Waals surface area contributed by atoms with Crippen molar-refractivity contribution in [1.82, 2.24) is 9.79 Å². The summed E-state index contributed by atoms with van der Waals surface area (Å²) in [6, 6.07) is 7.82. The first kappa shape index (κ1) is 20.3. The van der Waals surface area contributed by atoms with Crippen LogP contribution in [0.5, 0.6) is 0 Å². The van der Waals surface area contributed by atoms with Crippen molar-refractivity contribution >= 4 is 10.0 Å². The highest BCUT2D eigenvalue weighted by Gasteiger charge is 2.43. The van der Waals surface area contributed by atoms with Crippen molar-refractivity contribution in [1.29, 1.82) is 0 Å². The molecule has 1 aliphatic heterocycles. The van der Waals surface area contributed by atoms with Gasteiger partial charge in [0, 0.05) is 27.3 Å². The predicted molar refractivity (Wildman–Crippen MR) is 98.8 cm³/mol. The van der Waals surface area contributed by atoms with Crippen molar-refractivity contribution in [2.45, 2.75) is 43.9 Å². The van der Waals surface area contributed by atoms with Gasteiger partial charge in [0.05, 0.1) is 12.6 Å². The lowest BCUT2D eigenvalue weighted by molar-refractivity contribution is -0.110. The first-order valence-electron chi connectivity index (χ1n) is 8.60. The molecule has 1 aliphatic rings. The lowest BCUT2D eigenvalue weighted by Gasteiger charge is -2.25. The molecule has 7 heteroatoms. The number of hydrogen-bond acceptors (Lipinski definition) is 5. The Labute approximate surface area is 151 Å². The summed E-state index contributed by atoms with van der Waals surface area (Å²) >= 11 is 0. The Morgan fingerprint density at radius 3 is 2.48 bits per heavy atom. The number of nitrogens with zero attached hydrogens (tertiary/aromatic N) is 1. The number of nitrogens with one attached hydrogen (secondary N) is 1. The molecule has 2 rings (SSSR count). The van der Waals surface area contributed by atoms with E-state index in [1.807, 2.05) is 12.1 Å². The number of ether oxygens (including phenoxy) is 1. The van der Waals surface area contributed by atoms with Gasteiger partial charge >= 0.3 is 0 Å². The van der Waals surface area contributed by atoms with E-state index in [2.05, 4.69) is 37.6 Å². The lowest BCUT2D eigenvalue weighted by Crippen LogP contribution is -2.39. The van der Waals surface area contributed by atoms with Gasteiger partial charge in [-0.1, -0.05) is 45.0 Å². The van der Waals surface area contributed by atoms with Gasteiger partial charge in [0.1, 0.15) is 5.25 Å². The summed E-state index contributed by atoms with van der Waals surface area (Å²) in [5.74, 6) is 0.